The highest BCUT2D eigenvalue weighted by molar-refractivity contribution is 5.97. The highest BCUT2D eigenvalue weighted by Crippen LogP contribution is 2.23. The van der Waals surface area contributed by atoms with E-state index in [1.807, 2.05) is 34.9 Å². The van der Waals surface area contributed by atoms with Gasteiger partial charge in [0.05, 0.1) is 25.3 Å². The standard InChI is InChI=1S/C23H20N2O4/c1-28-16-7-5-6-15(12-16)24-22(26)14-25-20-9-4-3-8-18(20)23(27)19-13-17(29-2)10-11-21(19)25/h3-13H,14H2,1-2H3,(H,24,26). The van der Waals surface area contributed by atoms with Gasteiger partial charge in [-0.25, -0.2) is 0 Å². The van der Waals surface area contributed by atoms with Crippen molar-refractivity contribution >= 4 is 33.4 Å². The van der Waals surface area contributed by atoms with E-state index in [1.165, 1.54) is 0 Å². The van der Waals surface area contributed by atoms with Gasteiger partial charge < -0.3 is 19.4 Å². The monoisotopic (exact) mass is 388 g/mol. The third-order valence-electron chi connectivity index (χ3n) is 4.83. The number of carbonyl (C=O) groups is 1. The summed E-state index contributed by atoms with van der Waals surface area (Å²) in [6.45, 7) is 0.0564. The number of ether oxygens (including phenoxy) is 2. The first kappa shape index (κ1) is 18.6. The van der Waals surface area contributed by atoms with Gasteiger partial charge in [-0.1, -0.05) is 18.2 Å². The number of hydrogen-bond acceptors (Lipinski definition) is 4. The molecule has 1 N–H and O–H groups in total. The highest BCUT2D eigenvalue weighted by atomic mass is 16.5. The maximum atomic E-state index is 13.0. The number of para-hydroxylation sites is 1. The largest absolute Gasteiger partial charge is 0.497 e. The van der Waals surface area contributed by atoms with Gasteiger partial charge in [0.2, 0.25) is 5.91 Å². The number of rotatable bonds is 5. The van der Waals surface area contributed by atoms with Crippen LogP contribution in [0.15, 0.2) is 71.5 Å². The van der Waals surface area contributed by atoms with Gasteiger partial charge >= 0.3 is 0 Å². The minimum Gasteiger partial charge on any atom is -0.497 e. The minimum absolute atomic E-state index is 0.0564. The Balaban J connectivity index is 1.80. The summed E-state index contributed by atoms with van der Waals surface area (Å²) in [6.07, 6.45) is 0. The maximum absolute atomic E-state index is 13.0. The van der Waals surface area contributed by atoms with Crippen molar-refractivity contribution < 1.29 is 14.3 Å². The number of fused-ring (bicyclic) bond motifs is 2. The summed E-state index contributed by atoms with van der Waals surface area (Å²) in [4.78, 5) is 25.8. The molecule has 6 nitrogen and oxygen atoms in total. The number of anilines is 1. The zero-order valence-corrected chi connectivity index (χ0v) is 16.1. The van der Waals surface area contributed by atoms with E-state index >= 15 is 0 Å². The van der Waals surface area contributed by atoms with E-state index in [1.54, 1.807) is 50.6 Å². The van der Waals surface area contributed by atoms with Crippen LogP contribution < -0.4 is 20.2 Å². The Kier molecular flexibility index (Phi) is 4.91. The highest BCUT2D eigenvalue weighted by Gasteiger charge is 2.14. The predicted molar refractivity (Wildman–Crippen MR) is 114 cm³/mol. The van der Waals surface area contributed by atoms with E-state index in [0.717, 1.165) is 0 Å². The Hall–Kier alpha value is -3.80. The van der Waals surface area contributed by atoms with Crippen LogP contribution in [0, 0.1) is 0 Å². The van der Waals surface area contributed by atoms with Crippen LogP contribution >= 0.6 is 0 Å². The quantitative estimate of drug-likeness (QED) is 0.528. The second kappa shape index (κ2) is 7.67. The lowest BCUT2D eigenvalue weighted by Gasteiger charge is -2.16. The smallest absolute Gasteiger partial charge is 0.244 e. The van der Waals surface area contributed by atoms with Gasteiger partial charge in [0.25, 0.3) is 0 Å². The Bertz CT molecular complexity index is 1280. The van der Waals surface area contributed by atoms with Gasteiger partial charge in [-0.2, -0.15) is 0 Å². The van der Waals surface area contributed by atoms with E-state index in [4.69, 9.17) is 9.47 Å². The molecule has 0 aliphatic carbocycles. The Morgan fingerprint density at radius 1 is 0.862 bits per heavy atom. The topological polar surface area (TPSA) is 69.6 Å². The molecule has 0 atom stereocenters. The molecule has 0 aliphatic rings. The molecule has 3 aromatic carbocycles. The van der Waals surface area contributed by atoms with Gasteiger partial charge in [0, 0.05) is 22.5 Å². The average molecular weight is 388 g/mol. The van der Waals surface area contributed by atoms with Crippen molar-refractivity contribution in [2.45, 2.75) is 6.54 Å². The Morgan fingerprint density at radius 2 is 1.59 bits per heavy atom. The molecule has 1 heterocycles. The van der Waals surface area contributed by atoms with Crippen molar-refractivity contribution in [1.29, 1.82) is 0 Å². The van der Waals surface area contributed by atoms with E-state index in [-0.39, 0.29) is 17.9 Å². The molecule has 146 valence electrons. The van der Waals surface area contributed by atoms with Crippen molar-refractivity contribution in [2.24, 2.45) is 0 Å². The first-order chi connectivity index (χ1) is 14.1. The summed E-state index contributed by atoms with van der Waals surface area (Å²) >= 11 is 0. The van der Waals surface area contributed by atoms with Crippen LogP contribution in [0.1, 0.15) is 0 Å². The van der Waals surface area contributed by atoms with E-state index in [2.05, 4.69) is 5.32 Å². The summed E-state index contributed by atoms with van der Waals surface area (Å²) in [6, 6.07) is 19.8. The number of nitrogens with one attached hydrogen (secondary N) is 1. The number of pyridine rings is 1. The number of benzene rings is 3. The fourth-order valence-electron chi connectivity index (χ4n) is 3.45. The zero-order chi connectivity index (χ0) is 20.4. The molecule has 0 bridgehead atoms. The number of amides is 1. The van der Waals surface area contributed by atoms with Gasteiger partial charge in [-0.05, 0) is 42.5 Å². The molecule has 6 heteroatoms. The lowest BCUT2D eigenvalue weighted by Crippen LogP contribution is -2.21. The van der Waals surface area contributed by atoms with Crippen LogP contribution in [-0.2, 0) is 11.3 Å². The van der Waals surface area contributed by atoms with Gasteiger partial charge in [0.15, 0.2) is 5.43 Å². The molecule has 1 amide bonds. The third kappa shape index (κ3) is 3.52. The summed E-state index contributed by atoms with van der Waals surface area (Å²) in [5, 5.41) is 3.96. The molecule has 0 unspecified atom stereocenters. The van der Waals surface area contributed by atoms with Gasteiger partial charge in [-0.3, -0.25) is 9.59 Å². The van der Waals surface area contributed by atoms with Crippen molar-refractivity contribution in [3.63, 3.8) is 0 Å². The van der Waals surface area contributed by atoms with E-state index < -0.39 is 0 Å². The van der Waals surface area contributed by atoms with Crippen molar-refractivity contribution in [1.82, 2.24) is 4.57 Å². The molecule has 0 spiro atoms. The minimum atomic E-state index is -0.204. The van der Waals surface area contributed by atoms with Crippen LogP contribution in [0.5, 0.6) is 11.5 Å². The first-order valence-corrected chi connectivity index (χ1v) is 9.14. The van der Waals surface area contributed by atoms with Crippen molar-refractivity contribution in [3.8, 4) is 11.5 Å². The maximum Gasteiger partial charge on any atom is 0.244 e. The summed E-state index contributed by atoms with van der Waals surface area (Å²) in [5.41, 5.74) is 1.94. The van der Waals surface area contributed by atoms with Crippen molar-refractivity contribution in [2.75, 3.05) is 19.5 Å². The first-order valence-electron chi connectivity index (χ1n) is 9.14. The van der Waals surface area contributed by atoms with Crippen LogP contribution in [0.2, 0.25) is 0 Å². The average Bonchev–Trinajstić information content (AvgIpc) is 2.76. The number of methoxy groups -OCH3 is 2. The lowest BCUT2D eigenvalue weighted by molar-refractivity contribution is -0.116. The summed E-state index contributed by atoms with van der Waals surface area (Å²) < 4.78 is 12.3. The predicted octanol–water partition coefficient (Wildman–Crippen LogP) is 3.81. The molecule has 0 saturated heterocycles. The summed E-state index contributed by atoms with van der Waals surface area (Å²) in [5.74, 6) is 1.05. The van der Waals surface area contributed by atoms with Crippen LogP contribution in [0.4, 0.5) is 5.69 Å². The molecular formula is C23H20N2O4. The number of nitrogens with zero attached hydrogens (tertiary/aromatic N) is 1. The normalized spacial score (nSPS) is 10.8. The Labute approximate surface area is 167 Å². The van der Waals surface area contributed by atoms with Crippen LogP contribution in [-0.4, -0.2) is 24.7 Å². The zero-order valence-electron chi connectivity index (χ0n) is 16.1. The molecule has 4 rings (SSSR count). The molecule has 0 fully saturated rings. The molecule has 0 radical (unpaired) electrons. The molecule has 0 aliphatic heterocycles. The van der Waals surface area contributed by atoms with Crippen molar-refractivity contribution in [3.05, 3.63) is 77.0 Å². The second-order valence-corrected chi connectivity index (χ2v) is 6.60. The summed E-state index contributed by atoms with van der Waals surface area (Å²) in [7, 11) is 3.14. The number of carbonyl (C=O) groups excluding carboxylic acids is 1. The van der Waals surface area contributed by atoms with Crippen LogP contribution in [0.25, 0.3) is 21.8 Å². The molecular weight excluding hydrogens is 368 g/mol. The van der Waals surface area contributed by atoms with Crippen LogP contribution in [0.3, 0.4) is 0 Å². The second-order valence-electron chi connectivity index (χ2n) is 6.60. The molecule has 29 heavy (non-hydrogen) atoms. The fraction of sp³-hybridized carbons (Fsp3) is 0.130. The molecule has 4 aromatic rings. The SMILES string of the molecule is COc1cccc(NC(=O)Cn2c3ccccc3c(=O)c3cc(OC)ccc32)c1. The number of hydrogen-bond donors (Lipinski definition) is 1. The third-order valence-corrected chi connectivity index (χ3v) is 4.83. The van der Waals surface area contributed by atoms with E-state index in [0.29, 0.717) is 39.0 Å². The number of aromatic nitrogens is 1. The van der Waals surface area contributed by atoms with E-state index in [9.17, 15) is 9.59 Å². The molecule has 0 saturated carbocycles. The van der Waals surface area contributed by atoms with Gasteiger partial charge in [0.1, 0.15) is 18.0 Å². The molecule has 1 aromatic heterocycles. The lowest BCUT2D eigenvalue weighted by atomic mass is 10.1. The van der Waals surface area contributed by atoms with Gasteiger partial charge in [-0.15, -0.1) is 0 Å². The Morgan fingerprint density at radius 3 is 2.38 bits per heavy atom. The fourth-order valence-corrected chi connectivity index (χ4v) is 3.45.